The Balaban J connectivity index is 1.71. The summed E-state index contributed by atoms with van der Waals surface area (Å²) in [5.74, 6) is 0.961. The minimum absolute atomic E-state index is 0.00868. The first-order valence-corrected chi connectivity index (χ1v) is 6.54. The molecule has 3 rings (SSSR count). The van der Waals surface area contributed by atoms with E-state index in [-0.39, 0.29) is 11.8 Å². The maximum absolute atomic E-state index is 12.2. The van der Waals surface area contributed by atoms with Crippen molar-refractivity contribution in [3.63, 3.8) is 0 Å². The highest BCUT2D eigenvalue weighted by atomic mass is 16.5. The van der Waals surface area contributed by atoms with Crippen LogP contribution in [0.5, 0.6) is 0 Å². The Morgan fingerprint density at radius 2 is 2.26 bits per heavy atom. The van der Waals surface area contributed by atoms with Crippen LogP contribution >= 0.6 is 0 Å². The zero-order valence-corrected chi connectivity index (χ0v) is 11.0. The van der Waals surface area contributed by atoms with Gasteiger partial charge in [0.1, 0.15) is 11.3 Å². The highest BCUT2D eigenvalue weighted by Crippen LogP contribution is 2.21. The standard InChI is InChI=1S/C15H17NO3/c1-16(15(17)12-6-7-18-10-12)9-13-8-11-4-2-3-5-14(11)19-13/h2-5,8,12H,6-7,9-10H2,1H3. The molecule has 1 aromatic heterocycles. The minimum Gasteiger partial charge on any atom is -0.459 e. The van der Waals surface area contributed by atoms with Crippen molar-refractivity contribution in [2.75, 3.05) is 20.3 Å². The van der Waals surface area contributed by atoms with Gasteiger partial charge in [0.15, 0.2) is 0 Å². The molecule has 1 aliphatic heterocycles. The first-order chi connectivity index (χ1) is 9.24. The average Bonchev–Trinajstić information content (AvgIpc) is 3.06. The fourth-order valence-corrected chi connectivity index (χ4v) is 2.47. The van der Waals surface area contributed by atoms with Gasteiger partial charge < -0.3 is 14.1 Å². The fourth-order valence-electron chi connectivity index (χ4n) is 2.47. The summed E-state index contributed by atoms with van der Waals surface area (Å²) in [6.07, 6.45) is 0.823. The zero-order chi connectivity index (χ0) is 13.2. The quantitative estimate of drug-likeness (QED) is 0.850. The number of rotatable bonds is 3. The number of nitrogens with zero attached hydrogens (tertiary/aromatic N) is 1. The van der Waals surface area contributed by atoms with Crippen LogP contribution in [0.1, 0.15) is 12.2 Å². The van der Waals surface area contributed by atoms with E-state index in [1.54, 1.807) is 4.90 Å². The summed E-state index contributed by atoms with van der Waals surface area (Å²) in [4.78, 5) is 13.9. The maximum atomic E-state index is 12.2. The zero-order valence-electron chi connectivity index (χ0n) is 11.0. The molecule has 1 amide bonds. The normalized spacial score (nSPS) is 18.9. The van der Waals surface area contributed by atoms with Crippen molar-refractivity contribution in [2.45, 2.75) is 13.0 Å². The maximum Gasteiger partial charge on any atom is 0.228 e. The van der Waals surface area contributed by atoms with Crippen LogP contribution in [0.25, 0.3) is 11.0 Å². The number of hydrogen-bond donors (Lipinski definition) is 0. The van der Waals surface area contributed by atoms with Gasteiger partial charge in [0, 0.05) is 19.0 Å². The predicted molar refractivity (Wildman–Crippen MR) is 71.6 cm³/mol. The number of amides is 1. The minimum atomic E-state index is 0.00868. The van der Waals surface area contributed by atoms with Gasteiger partial charge in [-0.2, -0.15) is 0 Å². The summed E-state index contributed by atoms with van der Waals surface area (Å²) in [7, 11) is 1.81. The Bertz CT molecular complexity index is 551. The van der Waals surface area contributed by atoms with Gasteiger partial charge in [-0.25, -0.2) is 0 Å². The van der Waals surface area contributed by atoms with E-state index in [1.807, 2.05) is 37.4 Å². The number of carbonyl (C=O) groups excluding carboxylic acids is 1. The number of carbonyl (C=O) groups is 1. The molecule has 0 aliphatic carbocycles. The number of ether oxygens (including phenoxy) is 1. The third-order valence-electron chi connectivity index (χ3n) is 3.52. The van der Waals surface area contributed by atoms with Crippen LogP contribution in [0.2, 0.25) is 0 Å². The van der Waals surface area contributed by atoms with Gasteiger partial charge in [-0.05, 0) is 18.6 Å². The molecular weight excluding hydrogens is 242 g/mol. The van der Waals surface area contributed by atoms with Crippen LogP contribution in [-0.2, 0) is 16.1 Å². The molecule has 0 saturated carbocycles. The molecule has 2 aromatic rings. The highest BCUT2D eigenvalue weighted by molar-refractivity contribution is 5.80. The third kappa shape index (κ3) is 2.49. The lowest BCUT2D eigenvalue weighted by atomic mass is 10.1. The van der Waals surface area contributed by atoms with Crippen molar-refractivity contribution in [3.05, 3.63) is 36.1 Å². The second-order valence-electron chi connectivity index (χ2n) is 5.01. The van der Waals surface area contributed by atoms with Gasteiger partial charge in [-0.1, -0.05) is 18.2 Å². The van der Waals surface area contributed by atoms with Crippen molar-refractivity contribution >= 4 is 16.9 Å². The summed E-state index contributed by atoms with van der Waals surface area (Å²) in [5, 5.41) is 1.07. The molecule has 1 saturated heterocycles. The summed E-state index contributed by atoms with van der Waals surface area (Å²) >= 11 is 0. The molecule has 1 aliphatic rings. The van der Waals surface area contributed by atoms with Gasteiger partial charge in [-0.15, -0.1) is 0 Å². The molecule has 1 fully saturated rings. The average molecular weight is 259 g/mol. The monoisotopic (exact) mass is 259 g/mol. The molecule has 1 atom stereocenters. The number of furan rings is 1. The molecule has 4 nitrogen and oxygen atoms in total. The SMILES string of the molecule is CN(Cc1cc2ccccc2o1)C(=O)C1CCOC1. The van der Waals surface area contributed by atoms with Crippen molar-refractivity contribution < 1.29 is 13.9 Å². The van der Waals surface area contributed by atoms with Gasteiger partial charge in [-0.3, -0.25) is 4.79 Å². The summed E-state index contributed by atoms with van der Waals surface area (Å²) < 4.78 is 11.0. The second-order valence-corrected chi connectivity index (χ2v) is 5.01. The van der Waals surface area contributed by atoms with E-state index in [4.69, 9.17) is 9.15 Å². The molecule has 100 valence electrons. The van der Waals surface area contributed by atoms with Gasteiger partial charge in [0.05, 0.1) is 19.1 Å². The van der Waals surface area contributed by atoms with Crippen LogP contribution in [0.3, 0.4) is 0 Å². The Labute approximate surface area is 111 Å². The van der Waals surface area contributed by atoms with Crippen molar-refractivity contribution in [3.8, 4) is 0 Å². The second kappa shape index (κ2) is 5.05. The Morgan fingerprint density at radius 1 is 1.42 bits per heavy atom. The largest absolute Gasteiger partial charge is 0.459 e. The molecule has 19 heavy (non-hydrogen) atoms. The fraction of sp³-hybridized carbons (Fsp3) is 0.400. The van der Waals surface area contributed by atoms with Crippen LogP contribution in [-0.4, -0.2) is 31.1 Å². The van der Waals surface area contributed by atoms with Crippen molar-refractivity contribution in [2.24, 2.45) is 5.92 Å². The Hall–Kier alpha value is -1.81. The first kappa shape index (κ1) is 12.2. The molecular formula is C15H17NO3. The van der Waals surface area contributed by atoms with Crippen LogP contribution in [0, 0.1) is 5.92 Å². The number of fused-ring (bicyclic) bond motifs is 1. The third-order valence-corrected chi connectivity index (χ3v) is 3.52. The Kier molecular flexibility index (Phi) is 3.25. The smallest absolute Gasteiger partial charge is 0.228 e. The molecule has 4 heteroatoms. The predicted octanol–water partition coefficient (Wildman–Crippen LogP) is 2.43. The van der Waals surface area contributed by atoms with Crippen molar-refractivity contribution in [1.29, 1.82) is 0 Å². The van der Waals surface area contributed by atoms with E-state index in [2.05, 4.69) is 0 Å². The van der Waals surface area contributed by atoms with Gasteiger partial charge in [0.2, 0.25) is 5.91 Å². The Morgan fingerprint density at radius 3 is 3.00 bits per heavy atom. The van der Waals surface area contributed by atoms with Crippen LogP contribution in [0.15, 0.2) is 34.7 Å². The lowest BCUT2D eigenvalue weighted by Crippen LogP contribution is -2.32. The number of benzene rings is 1. The van der Waals surface area contributed by atoms with E-state index in [1.165, 1.54) is 0 Å². The van der Waals surface area contributed by atoms with Crippen LogP contribution < -0.4 is 0 Å². The number of hydrogen-bond acceptors (Lipinski definition) is 3. The lowest BCUT2D eigenvalue weighted by molar-refractivity contribution is -0.134. The molecule has 0 N–H and O–H groups in total. The summed E-state index contributed by atoms with van der Waals surface area (Å²) in [6.45, 7) is 1.74. The van der Waals surface area contributed by atoms with Gasteiger partial charge in [0.25, 0.3) is 0 Å². The van der Waals surface area contributed by atoms with E-state index < -0.39 is 0 Å². The van der Waals surface area contributed by atoms with E-state index >= 15 is 0 Å². The van der Waals surface area contributed by atoms with E-state index in [0.29, 0.717) is 19.8 Å². The van der Waals surface area contributed by atoms with E-state index in [0.717, 1.165) is 23.2 Å². The van der Waals surface area contributed by atoms with E-state index in [9.17, 15) is 4.79 Å². The highest BCUT2D eigenvalue weighted by Gasteiger charge is 2.26. The van der Waals surface area contributed by atoms with Crippen molar-refractivity contribution in [1.82, 2.24) is 4.90 Å². The van der Waals surface area contributed by atoms with Crippen LogP contribution in [0.4, 0.5) is 0 Å². The van der Waals surface area contributed by atoms with Gasteiger partial charge >= 0.3 is 0 Å². The summed E-state index contributed by atoms with van der Waals surface area (Å²) in [6, 6.07) is 9.86. The molecule has 0 radical (unpaired) electrons. The molecule has 0 spiro atoms. The molecule has 2 heterocycles. The molecule has 1 unspecified atom stereocenters. The summed E-state index contributed by atoms with van der Waals surface area (Å²) in [5.41, 5.74) is 0.863. The number of para-hydroxylation sites is 1. The lowest BCUT2D eigenvalue weighted by Gasteiger charge is -2.18. The molecule has 1 aromatic carbocycles. The first-order valence-electron chi connectivity index (χ1n) is 6.54. The molecule has 0 bridgehead atoms. The topological polar surface area (TPSA) is 42.7 Å².